The quantitative estimate of drug-likeness (QED) is 0.525. The molecule has 0 saturated carbocycles. The van der Waals surface area contributed by atoms with E-state index in [0.29, 0.717) is 30.3 Å². The van der Waals surface area contributed by atoms with Gasteiger partial charge in [0, 0.05) is 18.4 Å². The molecule has 1 rings (SSSR count). The van der Waals surface area contributed by atoms with E-state index in [4.69, 9.17) is 9.47 Å². The van der Waals surface area contributed by atoms with Gasteiger partial charge in [0.1, 0.15) is 6.29 Å². The van der Waals surface area contributed by atoms with E-state index >= 15 is 0 Å². The monoisotopic (exact) mass is 250 g/mol. The lowest BCUT2D eigenvalue weighted by molar-refractivity contribution is -0.107. The van der Waals surface area contributed by atoms with Gasteiger partial charge in [0.05, 0.1) is 13.2 Å². The minimum absolute atomic E-state index is 0.0638. The van der Waals surface area contributed by atoms with Crippen LogP contribution in [0.25, 0.3) is 0 Å². The summed E-state index contributed by atoms with van der Waals surface area (Å²) in [6, 6.07) is 5.09. The number of ketones is 1. The van der Waals surface area contributed by atoms with Crippen LogP contribution in [0.5, 0.6) is 11.5 Å². The molecule has 0 atom stereocenters. The van der Waals surface area contributed by atoms with Crippen LogP contribution in [0.2, 0.25) is 0 Å². The molecular formula is C14H18O4. The SMILES string of the molecule is CCOc1ccc(C(=O)CCC=O)cc1OCC. The first-order chi connectivity index (χ1) is 8.72. The van der Waals surface area contributed by atoms with Crippen LogP contribution in [0.1, 0.15) is 37.0 Å². The largest absolute Gasteiger partial charge is 0.490 e. The average Bonchev–Trinajstić information content (AvgIpc) is 2.38. The molecule has 0 aliphatic heterocycles. The normalized spacial score (nSPS) is 9.89. The Labute approximate surface area is 107 Å². The van der Waals surface area contributed by atoms with E-state index in [0.717, 1.165) is 6.29 Å². The van der Waals surface area contributed by atoms with Crippen molar-refractivity contribution in [3.05, 3.63) is 23.8 Å². The van der Waals surface area contributed by atoms with Crippen LogP contribution in [-0.2, 0) is 4.79 Å². The molecule has 0 saturated heterocycles. The number of carbonyl (C=O) groups is 2. The lowest BCUT2D eigenvalue weighted by Crippen LogP contribution is -2.03. The van der Waals surface area contributed by atoms with E-state index in [-0.39, 0.29) is 18.6 Å². The summed E-state index contributed by atoms with van der Waals surface area (Å²) in [5, 5.41) is 0. The molecule has 0 unspecified atom stereocenters. The van der Waals surface area contributed by atoms with Gasteiger partial charge in [-0.25, -0.2) is 0 Å². The van der Waals surface area contributed by atoms with Gasteiger partial charge in [0.15, 0.2) is 17.3 Å². The second-order valence-electron chi connectivity index (χ2n) is 3.66. The van der Waals surface area contributed by atoms with Gasteiger partial charge in [-0.3, -0.25) is 4.79 Å². The van der Waals surface area contributed by atoms with E-state index in [1.54, 1.807) is 18.2 Å². The summed E-state index contributed by atoms with van der Waals surface area (Å²) in [5.74, 6) is 1.13. The van der Waals surface area contributed by atoms with Crippen molar-refractivity contribution in [3.63, 3.8) is 0 Å². The number of Topliss-reactive ketones (excluding diaryl/α,β-unsaturated/α-hetero) is 1. The second kappa shape index (κ2) is 7.48. The van der Waals surface area contributed by atoms with E-state index in [1.165, 1.54) is 0 Å². The van der Waals surface area contributed by atoms with Gasteiger partial charge in [0.2, 0.25) is 0 Å². The fourth-order valence-corrected chi connectivity index (χ4v) is 1.56. The van der Waals surface area contributed by atoms with Crippen molar-refractivity contribution >= 4 is 12.1 Å². The topological polar surface area (TPSA) is 52.6 Å². The molecule has 1 aromatic carbocycles. The first kappa shape index (κ1) is 14.2. The number of hydrogen-bond acceptors (Lipinski definition) is 4. The number of benzene rings is 1. The molecule has 0 spiro atoms. The Morgan fingerprint density at radius 2 is 1.83 bits per heavy atom. The number of carbonyl (C=O) groups excluding carboxylic acids is 2. The Kier molecular flexibility index (Phi) is 5.91. The third-order valence-electron chi connectivity index (χ3n) is 2.35. The van der Waals surface area contributed by atoms with Gasteiger partial charge >= 0.3 is 0 Å². The number of rotatable bonds is 8. The van der Waals surface area contributed by atoms with Crippen LogP contribution in [0.3, 0.4) is 0 Å². The van der Waals surface area contributed by atoms with Crippen LogP contribution in [0, 0.1) is 0 Å². The van der Waals surface area contributed by atoms with Crippen molar-refractivity contribution in [1.29, 1.82) is 0 Å². The smallest absolute Gasteiger partial charge is 0.163 e. The summed E-state index contributed by atoms with van der Waals surface area (Å²) in [4.78, 5) is 22.0. The van der Waals surface area contributed by atoms with Gasteiger partial charge in [0.25, 0.3) is 0 Å². The summed E-state index contributed by atoms with van der Waals surface area (Å²) in [7, 11) is 0. The van der Waals surface area contributed by atoms with E-state index < -0.39 is 0 Å². The maximum atomic E-state index is 11.8. The zero-order valence-corrected chi connectivity index (χ0v) is 10.8. The van der Waals surface area contributed by atoms with Gasteiger partial charge in [-0.15, -0.1) is 0 Å². The Bertz CT molecular complexity index is 412. The molecule has 4 nitrogen and oxygen atoms in total. The third-order valence-corrected chi connectivity index (χ3v) is 2.35. The lowest BCUT2D eigenvalue weighted by atomic mass is 10.1. The van der Waals surface area contributed by atoms with E-state index in [9.17, 15) is 9.59 Å². The molecule has 0 heterocycles. The molecule has 0 N–H and O–H groups in total. The molecule has 4 heteroatoms. The van der Waals surface area contributed by atoms with E-state index in [1.807, 2.05) is 13.8 Å². The maximum Gasteiger partial charge on any atom is 0.163 e. The first-order valence-electron chi connectivity index (χ1n) is 6.09. The van der Waals surface area contributed by atoms with Gasteiger partial charge in [-0.2, -0.15) is 0 Å². The molecule has 0 aliphatic carbocycles. The van der Waals surface area contributed by atoms with Crippen molar-refractivity contribution in [2.45, 2.75) is 26.7 Å². The van der Waals surface area contributed by atoms with Crippen LogP contribution >= 0.6 is 0 Å². The van der Waals surface area contributed by atoms with Crippen molar-refractivity contribution in [3.8, 4) is 11.5 Å². The highest BCUT2D eigenvalue weighted by atomic mass is 16.5. The standard InChI is InChI=1S/C14H18O4/c1-3-17-13-8-7-11(10-14(13)18-4-2)12(16)6-5-9-15/h7-10H,3-6H2,1-2H3. The Morgan fingerprint density at radius 3 is 2.44 bits per heavy atom. The first-order valence-corrected chi connectivity index (χ1v) is 6.09. The third kappa shape index (κ3) is 3.87. The molecule has 18 heavy (non-hydrogen) atoms. The van der Waals surface area contributed by atoms with Gasteiger partial charge in [-0.1, -0.05) is 0 Å². The summed E-state index contributed by atoms with van der Waals surface area (Å²) in [5.41, 5.74) is 0.545. The lowest BCUT2D eigenvalue weighted by Gasteiger charge is -2.11. The number of aldehydes is 1. The van der Waals surface area contributed by atoms with E-state index in [2.05, 4.69) is 0 Å². The van der Waals surface area contributed by atoms with Crippen LogP contribution < -0.4 is 9.47 Å². The molecule has 0 aliphatic rings. The predicted octanol–water partition coefficient (Wildman–Crippen LogP) is 2.65. The highest BCUT2D eigenvalue weighted by molar-refractivity contribution is 5.97. The highest BCUT2D eigenvalue weighted by Crippen LogP contribution is 2.29. The fourth-order valence-electron chi connectivity index (χ4n) is 1.56. The number of ether oxygens (including phenoxy) is 2. The average molecular weight is 250 g/mol. The second-order valence-corrected chi connectivity index (χ2v) is 3.66. The fraction of sp³-hybridized carbons (Fsp3) is 0.429. The highest BCUT2D eigenvalue weighted by Gasteiger charge is 2.11. The number of hydrogen-bond donors (Lipinski definition) is 0. The van der Waals surface area contributed by atoms with Crippen LogP contribution in [0.4, 0.5) is 0 Å². The minimum Gasteiger partial charge on any atom is -0.490 e. The summed E-state index contributed by atoms with van der Waals surface area (Å²) >= 11 is 0. The molecule has 0 bridgehead atoms. The van der Waals surface area contributed by atoms with Crippen LogP contribution in [0.15, 0.2) is 18.2 Å². The zero-order chi connectivity index (χ0) is 13.4. The maximum absolute atomic E-state index is 11.8. The van der Waals surface area contributed by atoms with Crippen molar-refractivity contribution < 1.29 is 19.1 Å². The van der Waals surface area contributed by atoms with Crippen LogP contribution in [-0.4, -0.2) is 25.3 Å². The Hall–Kier alpha value is -1.84. The van der Waals surface area contributed by atoms with Gasteiger partial charge < -0.3 is 14.3 Å². The van der Waals surface area contributed by atoms with Crippen molar-refractivity contribution in [1.82, 2.24) is 0 Å². The molecule has 98 valence electrons. The molecule has 0 fully saturated rings. The summed E-state index contributed by atoms with van der Waals surface area (Å²) in [6.45, 7) is 4.81. The van der Waals surface area contributed by atoms with Crippen molar-refractivity contribution in [2.75, 3.05) is 13.2 Å². The molecule has 0 aromatic heterocycles. The summed E-state index contributed by atoms with van der Waals surface area (Å²) < 4.78 is 10.9. The predicted molar refractivity (Wildman–Crippen MR) is 68.4 cm³/mol. The molecule has 0 amide bonds. The zero-order valence-electron chi connectivity index (χ0n) is 10.8. The molecule has 0 radical (unpaired) electrons. The van der Waals surface area contributed by atoms with Gasteiger partial charge in [-0.05, 0) is 32.0 Å². The minimum atomic E-state index is -0.0638. The molecule has 1 aromatic rings. The Balaban J connectivity index is 2.90. The van der Waals surface area contributed by atoms with Crippen molar-refractivity contribution in [2.24, 2.45) is 0 Å². The molecular weight excluding hydrogens is 232 g/mol. The summed E-state index contributed by atoms with van der Waals surface area (Å²) in [6.07, 6.45) is 1.22. The Morgan fingerprint density at radius 1 is 1.17 bits per heavy atom.